The Bertz CT molecular complexity index is 4080. The number of para-hydroxylation sites is 1. The van der Waals surface area contributed by atoms with E-state index in [1.807, 2.05) is 0 Å². The molecule has 304 valence electrons. The normalized spacial score (nSPS) is 13.2. The second kappa shape index (κ2) is 13.4. The fourth-order valence-corrected chi connectivity index (χ4v) is 11.5. The Hall–Kier alpha value is -8.20. The first-order valence-electron chi connectivity index (χ1n) is 22.7. The van der Waals surface area contributed by atoms with Gasteiger partial charge in [0.1, 0.15) is 0 Å². The molecule has 65 heavy (non-hydrogen) atoms. The monoisotopic (exact) mass is 826 g/mol. The lowest BCUT2D eigenvalue weighted by atomic mass is 9.81. The molecule has 12 aromatic carbocycles. The highest BCUT2D eigenvalue weighted by Gasteiger charge is 2.36. The molecule has 1 aliphatic carbocycles. The molecule has 0 saturated heterocycles. The van der Waals surface area contributed by atoms with E-state index in [0.29, 0.717) is 0 Å². The van der Waals surface area contributed by atoms with Crippen molar-refractivity contribution in [3.8, 4) is 27.9 Å². The lowest BCUT2D eigenvalue weighted by molar-refractivity contribution is 0.660. The lowest BCUT2D eigenvalue weighted by Gasteiger charge is -2.28. The maximum atomic E-state index is 2.51. The van der Waals surface area contributed by atoms with Crippen molar-refractivity contribution in [2.45, 2.75) is 19.3 Å². The van der Waals surface area contributed by atoms with E-state index in [4.69, 9.17) is 0 Å². The van der Waals surface area contributed by atoms with Gasteiger partial charge in [0.2, 0.25) is 0 Å². The Kier molecular flexibility index (Phi) is 7.49. The molecule has 0 amide bonds. The van der Waals surface area contributed by atoms with Gasteiger partial charge in [-0.1, -0.05) is 166 Å². The van der Waals surface area contributed by atoms with E-state index in [0.717, 1.165) is 17.1 Å². The summed E-state index contributed by atoms with van der Waals surface area (Å²) in [5.41, 5.74) is 14.6. The fourth-order valence-electron chi connectivity index (χ4n) is 11.5. The van der Waals surface area contributed by atoms with Gasteiger partial charge in [-0.05, 0) is 154 Å². The van der Waals surface area contributed by atoms with Crippen molar-refractivity contribution in [1.82, 2.24) is 4.57 Å². The third-order valence-electron chi connectivity index (χ3n) is 14.6. The van der Waals surface area contributed by atoms with Crippen LogP contribution in [0.25, 0.3) is 104 Å². The van der Waals surface area contributed by atoms with Crippen LogP contribution < -0.4 is 4.90 Å². The molecule has 1 heterocycles. The summed E-state index contributed by atoms with van der Waals surface area (Å²) in [6.07, 6.45) is 0. The van der Waals surface area contributed by atoms with E-state index in [-0.39, 0.29) is 5.41 Å². The summed E-state index contributed by atoms with van der Waals surface area (Å²) in [5.74, 6) is 0. The van der Waals surface area contributed by atoms with Crippen molar-refractivity contribution < 1.29 is 0 Å². The van der Waals surface area contributed by atoms with Gasteiger partial charge in [0.25, 0.3) is 0 Å². The fraction of sp³-hybridized carbons (Fsp3) is 0.0476. The van der Waals surface area contributed by atoms with Crippen LogP contribution in [0.4, 0.5) is 17.1 Å². The quantitative estimate of drug-likeness (QED) is 0.157. The molecule has 0 radical (unpaired) electrons. The van der Waals surface area contributed by atoms with Gasteiger partial charge in [-0.25, -0.2) is 0 Å². The van der Waals surface area contributed by atoms with E-state index < -0.39 is 0 Å². The van der Waals surface area contributed by atoms with Gasteiger partial charge in [0, 0.05) is 38.9 Å². The predicted octanol–water partition coefficient (Wildman–Crippen LogP) is 17.4. The Balaban J connectivity index is 0.931. The number of rotatable bonds is 5. The molecule has 0 fully saturated rings. The third kappa shape index (κ3) is 5.29. The summed E-state index contributed by atoms with van der Waals surface area (Å²) in [4.78, 5) is 2.40. The van der Waals surface area contributed by atoms with Crippen molar-refractivity contribution in [1.29, 1.82) is 0 Å². The second-order valence-corrected chi connectivity index (χ2v) is 18.5. The summed E-state index contributed by atoms with van der Waals surface area (Å²) < 4.78 is 2.51. The van der Waals surface area contributed by atoms with Crippen LogP contribution in [-0.4, -0.2) is 4.57 Å². The van der Waals surface area contributed by atoms with Gasteiger partial charge >= 0.3 is 0 Å². The molecule has 2 nitrogen and oxygen atoms in total. The summed E-state index contributed by atoms with van der Waals surface area (Å²) >= 11 is 0. The van der Waals surface area contributed by atoms with E-state index in [9.17, 15) is 0 Å². The average molecular weight is 827 g/mol. The summed E-state index contributed by atoms with van der Waals surface area (Å²) in [6.45, 7) is 4.79. The van der Waals surface area contributed by atoms with Gasteiger partial charge < -0.3 is 9.47 Å². The van der Waals surface area contributed by atoms with Crippen molar-refractivity contribution in [2.24, 2.45) is 0 Å². The highest BCUT2D eigenvalue weighted by molar-refractivity contribution is 6.33. The van der Waals surface area contributed by atoms with Crippen molar-refractivity contribution >= 4 is 92.7 Å². The Labute approximate surface area is 377 Å². The van der Waals surface area contributed by atoms with E-state index in [1.54, 1.807) is 0 Å². The molecule has 0 unspecified atom stereocenters. The van der Waals surface area contributed by atoms with E-state index in [2.05, 4.69) is 242 Å². The van der Waals surface area contributed by atoms with Crippen LogP contribution in [0.1, 0.15) is 25.0 Å². The largest absolute Gasteiger partial charge is 0.310 e. The molecule has 2 heteroatoms. The molecule has 1 aliphatic rings. The lowest BCUT2D eigenvalue weighted by Crippen LogP contribution is -2.16. The zero-order valence-electron chi connectivity index (χ0n) is 36.2. The minimum Gasteiger partial charge on any atom is -0.310 e. The molecule has 1 aromatic heterocycles. The number of benzene rings is 12. The average Bonchev–Trinajstić information content (AvgIpc) is 3.80. The van der Waals surface area contributed by atoms with Crippen molar-refractivity contribution in [3.05, 3.63) is 230 Å². The van der Waals surface area contributed by atoms with Crippen molar-refractivity contribution in [3.63, 3.8) is 0 Å². The Morgan fingerprint density at radius 2 is 0.908 bits per heavy atom. The first-order valence-corrected chi connectivity index (χ1v) is 22.7. The molecule has 0 spiro atoms. The Morgan fingerprint density at radius 1 is 0.338 bits per heavy atom. The zero-order chi connectivity index (χ0) is 43.0. The number of hydrogen-bond donors (Lipinski definition) is 0. The van der Waals surface area contributed by atoms with Crippen LogP contribution in [-0.2, 0) is 5.41 Å². The zero-order valence-corrected chi connectivity index (χ0v) is 36.2. The summed E-state index contributed by atoms with van der Waals surface area (Å²) in [5, 5.41) is 15.4. The number of nitrogens with zero attached hydrogens (tertiary/aromatic N) is 2. The highest BCUT2D eigenvalue weighted by Crippen LogP contribution is 2.52. The topological polar surface area (TPSA) is 8.17 Å². The molecule has 0 aliphatic heterocycles. The van der Waals surface area contributed by atoms with Gasteiger partial charge in [-0.2, -0.15) is 0 Å². The van der Waals surface area contributed by atoms with E-state index in [1.165, 1.54) is 115 Å². The number of aromatic nitrogens is 1. The number of anilines is 3. The smallest absolute Gasteiger partial charge is 0.0553 e. The first kappa shape index (κ1) is 36.3. The molecule has 0 bridgehead atoms. The minimum atomic E-state index is -0.219. The molecule has 0 saturated carbocycles. The standard InChI is InChI=1S/C63H42N2/c1-63(2)56-35-45(24-29-52(56)53-32-28-51(38-57(53)63)64(48-17-4-3-5-18-48)49-26-21-39-11-6-8-13-43(39)33-49)46-25-30-54-58(36-46)65(50-27-22-40-12-7-9-14-44(40)34-50)59-37-47-20-19-41-15-10-16-42-23-31-55(62(54)59)61(47)60(41)42/h3-38H,1-2H3. The van der Waals surface area contributed by atoms with Crippen LogP contribution in [0.15, 0.2) is 218 Å². The van der Waals surface area contributed by atoms with Crippen LogP contribution in [0.2, 0.25) is 0 Å². The molecule has 14 rings (SSSR count). The predicted molar refractivity (Wildman–Crippen MR) is 277 cm³/mol. The van der Waals surface area contributed by atoms with Crippen LogP contribution in [0, 0.1) is 0 Å². The summed E-state index contributed by atoms with van der Waals surface area (Å²) in [6, 6.07) is 81.6. The molecule has 0 N–H and O–H groups in total. The molecular formula is C63H42N2. The van der Waals surface area contributed by atoms with Crippen LogP contribution in [0.5, 0.6) is 0 Å². The second-order valence-electron chi connectivity index (χ2n) is 18.5. The third-order valence-corrected chi connectivity index (χ3v) is 14.6. The minimum absolute atomic E-state index is 0.219. The first-order chi connectivity index (χ1) is 32.0. The van der Waals surface area contributed by atoms with Gasteiger partial charge in [0.05, 0.1) is 11.0 Å². The SMILES string of the molecule is CC1(C)c2cc(-c3ccc4c5c6ccc7cccc8ccc(cc5n(-c5ccc9ccccc9c5)c4c3)c6c87)ccc2-c2ccc(N(c3ccccc3)c3ccc4ccccc4c3)cc21. The van der Waals surface area contributed by atoms with Gasteiger partial charge in [-0.3, -0.25) is 0 Å². The maximum Gasteiger partial charge on any atom is 0.0553 e. The maximum absolute atomic E-state index is 2.51. The molecule has 0 atom stereocenters. The van der Waals surface area contributed by atoms with Crippen LogP contribution >= 0.6 is 0 Å². The van der Waals surface area contributed by atoms with Gasteiger partial charge in [-0.15, -0.1) is 0 Å². The van der Waals surface area contributed by atoms with Gasteiger partial charge in [0.15, 0.2) is 0 Å². The van der Waals surface area contributed by atoms with E-state index >= 15 is 0 Å². The number of fused-ring (bicyclic) bond motifs is 9. The Morgan fingerprint density at radius 3 is 1.71 bits per heavy atom. The molecule has 13 aromatic rings. The number of hydrogen-bond acceptors (Lipinski definition) is 1. The van der Waals surface area contributed by atoms with Crippen molar-refractivity contribution in [2.75, 3.05) is 4.90 Å². The summed E-state index contributed by atoms with van der Waals surface area (Å²) in [7, 11) is 0. The molecular weight excluding hydrogens is 785 g/mol. The highest BCUT2D eigenvalue weighted by atomic mass is 15.1. The van der Waals surface area contributed by atoms with Crippen LogP contribution in [0.3, 0.4) is 0 Å².